The maximum absolute atomic E-state index is 12.0. The van der Waals surface area contributed by atoms with Gasteiger partial charge in [0.05, 0.1) is 6.20 Å². The third-order valence-electron chi connectivity index (χ3n) is 2.40. The highest BCUT2D eigenvalue weighted by atomic mass is 32.1. The van der Waals surface area contributed by atoms with E-state index in [1.807, 2.05) is 41.1 Å². The van der Waals surface area contributed by atoms with Gasteiger partial charge in [-0.1, -0.05) is 30.3 Å². The standard InChI is InChI=1S/C13H12N2OS/c16-13(11-4-2-1-3-5-11)9-15-7-6-14-12(8-15)10-17/h1-8H,9-10H2/p+1. The molecule has 4 heteroatoms. The van der Waals surface area contributed by atoms with Crippen molar-refractivity contribution in [2.24, 2.45) is 0 Å². The zero-order valence-electron chi connectivity index (χ0n) is 9.28. The molecule has 2 rings (SSSR count). The van der Waals surface area contributed by atoms with Crippen LogP contribution in [0.15, 0.2) is 48.9 Å². The first kappa shape index (κ1) is 11.8. The lowest BCUT2D eigenvalue weighted by atomic mass is 10.1. The fourth-order valence-electron chi connectivity index (χ4n) is 1.54. The molecule has 0 saturated heterocycles. The van der Waals surface area contributed by atoms with E-state index in [1.165, 1.54) is 0 Å². The van der Waals surface area contributed by atoms with Gasteiger partial charge in [0.15, 0.2) is 12.4 Å². The number of Topliss-reactive ketones (excluding diaryl/α,β-unsaturated/α-hetero) is 1. The molecular weight excluding hydrogens is 232 g/mol. The zero-order valence-corrected chi connectivity index (χ0v) is 10.2. The molecule has 0 unspecified atom stereocenters. The van der Waals surface area contributed by atoms with E-state index < -0.39 is 0 Å². The van der Waals surface area contributed by atoms with Crippen LogP contribution in [0.5, 0.6) is 0 Å². The summed E-state index contributed by atoms with van der Waals surface area (Å²) < 4.78 is 1.83. The van der Waals surface area contributed by atoms with Crippen molar-refractivity contribution in [2.75, 3.05) is 0 Å². The lowest BCUT2D eigenvalue weighted by Crippen LogP contribution is -2.38. The fourth-order valence-corrected chi connectivity index (χ4v) is 1.71. The summed E-state index contributed by atoms with van der Waals surface area (Å²) in [6.07, 6.45) is 5.31. The van der Waals surface area contributed by atoms with Gasteiger partial charge in [0.2, 0.25) is 12.3 Å². The summed E-state index contributed by atoms with van der Waals surface area (Å²) in [4.78, 5) is 16.1. The first-order valence-corrected chi connectivity index (χ1v) is 5.96. The minimum atomic E-state index is 0.0897. The van der Waals surface area contributed by atoms with Gasteiger partial charge in [-0.3, -0.25) is 4.79 Å². The molecular formula is C13H13N2OS+. The highest BCUT2D eigenvalue weighted by molar-refractivity contribution is 7.79. The van der Waals surface area contributed by atoms with Crippen LogP contribution in [0.2, 0.25) is 0 Å². The lowest BCUT2D eigenvalue weighted by molar-refractivity contribution is -0.684. The second-order valence-corrected chi connectivity index (χ2v) is 3.98. The number of aromatic nitrogens is 2. The molecule has 0 N–H and O–H groups in total. The van der Waals surface area contributed by atoms with Crippen molar-refractivity contribution in [3.8, 4) is 0 Å². The molecule has 0 aliphatic heterocycles. The Morgan fingerprint density at radius 1 is 1.29 bits per heavy atom. The van der Waals surface area contributed by atoms with E-state index in [1.54, 1.807) is 12.4 Å². The smallest absolute Gasteiger partial charge is 0.227 e. The van der Waals surface area contributed by atoms with Crippen LogP contribution in [0.1, 0.15) is 16.1 Å². The first-order valence-electron chi connectivity index (χ1n) is 5.32. The number of nitrogens with zero attached hydrogens (tertiary/aromatic N) is 2. The van der Waals surface area contributed by atoms with Crippen molar-refractivity contribution in [2.45, 2.75) is 12.3 Å². The van der Waals surface area contributed by atoms with E-state index in [9.17, 15) is 4.79 Å². The molecule has 1 aromatic carbocycles. The molecule has 0 aliphatic rings. The maximum atomic E-state index is 12.0. The first-order chi connectivity index (χ1) is 8.29. The number of carbonyl (C=O) groups is 1. The predicted octanol–water partition coefficient (Wildman–Crippen LogP) is 1.68. The van der Waals surface area contributed by atoms with Gasteiger partial charge in [0.25, 0.3) is 0 Å². The van der Waals surface area contributed by atoms with Crippen molar-refractivity contribution < 1.29 is 9.36 Å². The van der Waals surface area contributed by atoms with Crippen molar-refractivity contribution in [1.29, 1.82) is 0 Å². The summed E-state index contributed by atoms with van der Waals surface area (Å²) in [5, 5.41) is 0. The van der Waals surface area contributed by atoms with Crippen LogP contribution in [0, 0.1) is 0 Å². The topological polar surface area (TPSA) is 33.8 Å². The highest BCUT2D eigenvalue weighted by Crippen LogP contribution is 2.00. The fraction of sp³-hybridized carbons (Fsp3) is 0.154. The van der Waals surface area contributed by atoms with Gasteiger partial charge in [-0.2, -0.15) is 17.2 Å². The third-order valence-corrected chi connectivity index (χ3v) is 2.72. The molecule has 0 spiro atoms. The largest absolute Gasteiger partial charge is 0.287 e. The minimum Gasteiger partial charge on any atom is -0.287 e. The normalized spacial score (nSPS) is 10.2. The Bertz CT molecular complexity index is 514. The van der Waals surface area contributed by atoms with Crippen LogP contribution >= 0.6 is 12.6 Å². The Hall–Kier alpha value is -1.68. The molecule has 0 fully saturated rings. The molecule has 0 radical (unpaired) electrons. The van der Waals surface area contributed by atoms with Crippen molar-refractivity contribution >= 4 is 18.4 Å². The van der Waals surface area contributed by atoms with Crippen molar-refractivity contribution in [3.63, 3.8) is 0 Å². The molecule has 3 nitrogen and oxygen atoms in total. The third kappa shape index (κ3) is 3.14. The summed E-state index contributed by atoms with van der Waals surface area (Å²) in [7, 11) is 0. The minimum absolute atomic E-state index is 0.0897. The summed E-state index contributed by atoms with van der Waals surface area (Å²) in [6.45, 7) is 0.327. The van der Waals surface area contributed by atoms with E-state index in [0.717, 1.165) is 11.3 Å². The van der Waals surface area contributed by atoms with Crippen LogP contribution in [0.3, 0.4) is 0 Å². The Labute approximate surface area is 106 Å². The summed E-state index contributed by atoms with van der Waals surface area (Å²) in [5.74, 6) is 0.660. The van der Waals surface area contributed by atoms with E-state index >= 15 is 0 Å². The molecule has 1 aromatic heterocycles. The van der Waals surface area contributed by atoms with E-state index in [-0.39, 0.29) is 5.78 Å². The number of benzene rings is 1. The number of hydrogen-bond acceptors (Lipinski definition) is 3. The summed E-state index contributed by atoms with van der Waals surface area (Å²) in [5.41, 5.74) is 1.58. The van der Waals surface area contributed by atoms with Crippen LogP contribution < -0.4 is 4.57 Å². The Kier molecular flexibility index (Phi) is 3.88. The number of ketones is 1. The quantitative estimate of drug-likeness (QED) is 0.505. The Morgan fingerprint density at radius 2 is 2.06 bits per heavy atom. The van der Waals surface area contributed by atoms with Crippen LogP contribution in [-0.4, -0.2) is 10.8 Å². The molecule has 0 saturated carbocycles. The monoisotopic (exact) mass is 245 g/mol. The van der Waals surface area contributed by atoms with Gasteiger partial charge in [-0.05, 0) is 0 Å². The summed E-state index contributed by atoms with van der Waals surface area (Å²) in [6, 6.07) is 9.27. The molecule has 0 amide bonds. The highest BCUT2D eigenvalue weighted by Gasteiger charge is 2.12. The summed E-state index contributed by atoms with van der Waals surface area (Å²) >= 11 is 4.16. The van der Waals surface area contributed by atoms with Gasteiger partial charge >= 0.3 is 0 Å². The predicted molar refractivity (Wildman–Crippen MR) is 67.9 cm³/mol. The molecule has 17 heavy (non-hydrogen) atoms. The second kappa shape index (κ2) is 5.59. The van der Waals surface area contributed by atoms with Crippen molar-refractivity contribution in [1.82, 2.24) is 4.98 Å². The maximum Gasteiger partial charge on any atom is 0.227 e. The SMILES string of the molecule is O=C(C[n+]1ccnc(CS)c1)c1ccccc1. The number of carbonyl (C=O) groups excluding carboxylic acids is 1. The average Bonchev–Trinajstić information content (AvgIpc) is 2.40. The van der Waals surface area contributed by atoms with E-state index in [0.29, 0.717) is 12.3 Å². The number of rotatable bonds is 4. The van der Waals surface area contributed by atoms with Gasteiger partial charge in [0.1, 0.15) is 5.69 Å². The number of thiol groups is 1. The molecule has 0 bridgehead atoms. The van der Waals surface area contributed by atoms with Gasteiger partial charge in [-0.25, -0.2) is 4.98 Å². The molecule has 0 aliphatic carbocycles. The molecule has 2 aromatic rings. The average molecular weight is 245 g/mol. The van der Waals surface area contributed by atoms with Gasteiger partial charge in [-0.15, -0.1) is 0 Å². The van der Waals surface area contributed by atoms with Crippen LogP contribution in [-0.2, 0) is 12.3 Å². The molecule has 0 atom stereocenters. The van der Waals surface area contributed by atoms with E-state index in [2.05, 4.69) is 17.6 Å². The Balaban J connectivity index is 2.13. The van der Waals surface area contributed by atoms with Gasteiger partial charge in [0, 0.05) is 11.3 Å². The number of hydrogen-bond donors (Lipinski definition) is 1. The Morgan fingerprint density at radius 3 is 2.76 bits per heavy atom. The molecule has 86 valence electrons. The lowest BCUT2D eigenvalue weighted by Gasteiger charge is -1.98. The van der Waals surface area contributed by atoms with Gasteiger partial charge < -0.3 is 0 Å². The van der Waals surface area contributed by atoms with Crippen LogP contribution in [0.25, 0.3) is 0 Å². The van der Waals surface area contributed by atoms with Crippen molar-refractivity contribution in [3.05, 3.63) is 60.2 Å². The zero-order chi connectivity index (χ0) is 12.1. The second-order valence-electron chi connectivity index (χ2n) is 3.67. The molecule has 1 heterocycles. The van der Waals surface area contributed by atoms with E-state index in [4.69, 9.17) is 0 Å². The van der Waals surface area contributed by atoms with Crippen LogP contribution in [0.4, 0.5) is 0 Å².